The summed E-state index contributed by atoms with van der Waals surface area (Å²) in [6.07, 6.45) is 0. The van der Waals surface area contributed by atoms with Gasteiger partial charge in [0.05, 0.1) is 25.3 Å². The Labute approximate surface area is 128 Å². The summed E-state index contributed by atoms with van der Waals surface area (Å²) in [5.41, 5.74) is 1.30. The van der Waals surface area contributed by atoms with E-state index in [1.54, 1.807) is 0 Å². The molecule has 0 aliphatic heterocycles. The number of methoxy groups -OCH3 is 2. The monoisotopic (exact) mass is 297 g/mol. The molecule has 0 bridgehead atoms. The number of benzene rings is 2. The van der Waals surface area contributed by atoms with E-state index in [1.807, 2.05) is 36.4 Å². The molecular weight excluding hydrogens is 282 g/mol. The van der Waals surface area contributed by atoms with Gasteiger partial charge in [0.2, 0.25) is 0 Å². The summed E-state index contributed by atoms with van der Waals surface area (Å²) in [6.45, 7) is 0.323. The van der Waals surface area contributed by atoms with Gasteiger partial charge in [0.25, 0.3) is 0 Å². The summed E-state index contributed by atoms with van der Waals surface area (Å²) in [7, 11) is 2.74. The van der Waals surface area contributed by atoms with Crippen molar-refractivity contribution in [3.05, 3.63) is 59.2 Å². The zero-order chi connectivity index (χ0) is 15.9. The van der Waals surface area contributed by atoms with Crippen molar-refractivity contribution in [1.29, 1.82) is 5.26 Å². The number of esters is 1. The summed E-state index contributed by atoms with van der Waals surface area (Å²) >= 11 is 0. The first-order valence-electron chi connectivity index (χ1n) is 6.56. The minimum atomic E-state index is -0.594. The summed E-state index contributed by atoms with van der Waals surface area (Å²) in [6, 6.07) is 14.5. The van der Waals surface area contributed by atoms with E-state index in [-0.39, 0.29) is 11.1 Å². The van der Waals surface area contributed by atoms with Crippen molar-refractivity contribution in [2.24, 2.45) is 0 Å². The largest absolute Gasteiger partial charge is 0.493 e. The third-order valence-corrected chi connectivity index (χ3v) is 3.07. The standard InChI is InChI=1S/C17H15NO4/c1-20-15-8-13(10-18)14(17(19)21-2)9-16(15)22-11-12-6-4-3-5-7-12/h3-9H,11H2,1-2H3. The summed E-state index contributed by atoms with van der Waals surface area (Å²) in [4.78, 5) is 11.7. The molecule has 0 atom stereocenters. The lowest BCUT2D eigenvalue weighted by atomic mass is 10.1. The first kappa shape index (κ1) is 15.4. The van der Waals surface area contributed by atoms with Crippen molar-refractivity contribution in [2.75, 3.05) is 14.2 Å². The molecule has 112 valence electrons. The number of hydrogen-bond donors (Lipinski definition) is 0. The van der Waals surface area contributed by atoms with Crippen LogP contribution in [0.5, 0.6) is 11.5 Å². The quantitative estimate of drug-likeness (QED) is 0.794. The average molecular weight is 297 g/mol. The summed E-state index contributed by atoms with van der Waals surface area (Å²) < 4.78 is 15.6. The van der Waals surface area contributed by atoms with Crippen molar-refractivity contribution < 1.29 is 19.0 Å². The van der Waals surface area contributed by atoms with Gasteiger partial charge in [0.15, 0.2) is 11.5 Å². The van der Waals surface area contributed by atoms with Crippen LogP contribution >= 0.6 is 0 Å². The van der Waals surface area contributed by atoms with Crippen LogP contribution < -0.4 is 9.47 Å². The minimum absolute atomic E-state index is 0.147. The molecule has 0 unspecified atom stereocenters. The first-order chi connectivity index (χ1) is 10.7. The molecule has 22 heavy (non-hydrogen) atoms. The lowest BCUT2D eigenvalue weighted by Crippen LogP contribution is -2.06. The molecule has 0 heterocycles. The maximum atomic E-state index is 11.7. The highest BCUT2D eigenvalue weighted by Crippen LogP contribution is 2.31. The number of carbonyl (C=O) groups is 1. The maximum Gasteiger partial charge on any atom is 0.339 e. The number of carbonyl (C=O) groups excluding carboxylic acids is 1. The fraction of sp³-hybridized carbons (Fsp3) is 0.176. The molecule has 5 heteroatoms. The zero-order valence-electron chi connectivity index (χ0n) is 12.3. The molecular formula is C17H15NO4. The Bertz CT molecular complexity index is 705. The van der Waals surface area contributed by atoms with E-state index in [1.165, 1.54) is 26.4 Å². The van der Waals surface area contributed by atoms with Gasteiger partial charge >= 0.3 is 5.97 Å². The Morgan fingerprint density at radius 2 is 1.86 bits per heavy atom. The van der Waals surface area contributed by atoms with Crippen molar-refractivity contribution in [1.82, 2.24) is 0 Å². The second kappa shape index (κ2) is 7.14. The smallest absolute Gasteiger partial charge is 0.339 e. The highest BCUT2D eigenvalue weighted by molar-refractivity contribution is 5.93. The van der Waals surface area contributed by atoms with Gasteiger partial charge in [-0.2, -0.15) is 5.26 Å². The molecule has 2 aromatic carbocycles. The Hall–Kier alpha value is -3.00. The Morgan fingerprint density at radius 1 is 1.14 bits per heavy atom. The van der Waals surface area contributed by atoms with E-state index in [0.717, 1.165) is 5.56 Å². The van der Waals surface area contributed by atoms with E-state index >= 15 is 0 Å². The highest BCUT2D eigenvalue weighted by Gasteiger charge is 2.17. The Balaban J connectivity index is 2.33. The third kappa shape index (κ3) is 3.36. The van der Waals surface area contributed by atoms with Gasteiger partial charge in [0, 0.05) is 6.07 Å². The van der Waals surface area contributed by atoms with Gasteiger partial charge in [-0.1, -0.05) is 30.3 Å². The van der Waals surface area contributed by atoms with Crippen LogP contribution in [-0.2, 0) is 11.3 Å². The molecule has 0 N–H and O–H groups in total. The predicted octanol–water partition coefficient (Wildman–Crippen LogP) is 2.93. The molecule has 0 fully saturated rings. The molecule has 0 aromatic heterocycles. The van der Waals surface area contributed by atoms with Gasteiger partial charge in [-0.05, 0) is 11.6 Å². The predicted molar refractivity (Wildman–Crippen MR) is 79.8 cm³/mol. The van der Waals surface area contributed by atoms with E-state index in [2.05, 4.69) is 4.74 Å². The van der Waals surface area contributed by atoms with Crippen LogP contribution in [0, 0.1) is 11.3 Å². The first-order valence-corrected chi connectivity index (χ1v) is 6.56. The van der Waals surface area contributed by atoms with E-state index in [9.17, 15) is 4.79 Å². The minimum Gasteiger partial charge on any atom is -0.493 e. The molecule has 0 aliphatic rings. The third-order valence-electron chi connectivity index (χ3n) is 3.07. The molecule has 0 radical (unpaired) electrons. The van der Waals surface area contributed by atoms with E-state index in [0.29, 0.717) is 18.1 Å². The molecule has 0 saturated heterocycles. The number of ether oxygens (including phenoxy) is 3. The summed E-state index contributed by atoms with van der Waals surface area (Å²) in [5.74, 6) is 0.176. The molecule has 2 aromatic rings. The summed E-state index contributed by atoms with van der Waals surface area (Å²) in [5, 5.41) is 9.13. The van der Waals surface area contributed by atoms with Gasteiger partial charge in [0.1, 0.15) is 12.7 Å². The van der Waals surface area contributed by atoms with E-state index in [4.69, 9.17) is 14.7 Å². The maximum absolute atomic E-state index is 11.7. The van der Waals surface area contributed by atoms with Crippen molar-refractivity contribution in [3.63, 3.8) is 0 Å². The van der Waals surface area contributed by atoms with Crippen LogP contribution in [0.2, 0.25) is 0 Å². The normalized spacial score (nSPS) is 9.68. The lowest BCUT2D eigenvalue weighted by Gasteiger charge is -2.13. The SMILES string of the molecule is COC(=O)c1cc(OCc2ccccc2)c(OC)cc1C#N. The van der Waals surface area contributed by atoms with Crippen LogP contribution in [0.25, 0.3) is 0 Å². The second-order valence-electron chi connectivity index (χ2n) is 4.43. The second-order valence-corrected chi connectivity index (χ2v) is 4.43. The van der Waals surface area contributed by atoms with Gasteiger partial charge in [-0.25, -0.2) is 4.79 Å². The zero-order valence-corrected chi connectivity index (χ0v) is 12.3. The lowest BCUT2D eigenvalue weighted by molar-refractivity contribution is 0.0599. The van der Waals surface area contributed by atoms with Crippen LogP contribution in [-0.4, -0.2) is 20.2 Å². The highest BCUT2D eigenvalue weighted by atomic mass is 16.5. The fourth-order valence-corrected chi connectivity index (χ4v) is 1.94. The van der Waals surface area contributed by atoms with Crippen molar-refractivity contribution in [3.8, 4) is 17.6 Å². The van der Waals surface area contributed by atoms with Gasteiger partial charge in [-0.3, -0.25) is 0 Å². The molecule has 2 rings (SSSR count). The van der Waals surface area contributed by atoms with Crippen LogP contribution in [0.3, 0.4) is 0 Å². The van der Waals surface area contributed by atoms with Gasteiger partial charge in [-0.15, -0.1) is 0 Å². The van der Waals surface area contributed by atoms with Crippen LogP contribution in [0.15, 0.2) is 42.5 Å². The van der Waals surface area contributed by atoms with E-state index < -0.39 is 5.97 Å². The average Bonchev–Trinajstić information content (AvgIpc) is 2.59. The fourth-order valence-electron chi connectivity index (χ4n) is 1.94. The Morgan fingerprint density at radius 3 is 2.45 bits per heavy atom. The number of nitrogens with zero attached hydrogens (tertiary/aromatic N) is 1. The van der Waals surface area contributed by atoms with Crippen LogP contribution in [0.4, 0.5) is 0 Å². The van der Waals surface area contributed by atoms with Crippen molar-refractivity contribution >= 4 is 5.97 Å². The molecule has 0 saturated carbocycles. The molecule has 0 amide bonds. The van der Waals surface area contributed by atoms with Gasteiger partial charge < -0.3 is 14.2 Å². The number of rotatable bonds is 5. The van der Waals surface area contributed by atoms with Crippen LogP contribution in [0.1, 0.15) is 21.5 Å². The molecule has 5 nitrogen and oxygen atoms in total. The Kier molecular flexibility index (Phi) is 4.99. The topological polar surface area (TPSA) is 68.6 Å². The molecule has 0 aliphatic carbocycles. The number of nitriles is 1. The van der Waals surface area contributed by atoms with Crippen molar-refractivity contribution in [2.45, 2.75) is 6.61 Å². The number of hydrogen-bond acceptors (Lipinski definition) is 5. The molecule has 0 spiro atoms.